The average Bonchev–Trinajstić information content (AvgIpc) is 2.87. The fraction of sp³-hybridized carbons (Fsp3) is 0.733. The van der Waals surface area contributed by atoms with Crippen LogP contribution in [0.1, 0.15) is 19.7 Å². The Labute approximate surface area is 127 Å². The lowest BCUT2D eigenvalue weighted by molar-refractivity contribution is 0.128. The quantitative estimate of drug-likeness (QED) is 0.856. The SMILES string of the molecule is CCOCc1nc(NC)cc(N2CC(C)C(N(C)C)C2)n1. The van der Waals surface area contributed by atoms with E-state index in [-0.39, 0.29) is 0 Å². The maximum Gasteiger partial charge on any atom is 0.158 e. The van der Waals surface area contributed by atoms with Crippen LogP contribution < -0.4 is 10.2 Å². The average molecular weight is 293 g/mol. The van der Waals surface area contributed by atoms with E-state index in [0.29, 0.717) is 25.2 Å². The van der Waals surface area contributed by atoms with Gasteiger partial charge < -0.3 is 19.9 Å². The topological polar surface area (TPSA) is 53.5 Å². The van der Waals surface area contributed by atoms with Crippen LogP contribution in [0.15, 0.2) is 6.07 Å². The minimum Gasteiger partial charge on any atom is -0.374 e. The Bertz CT molecular complexity index is 465. The molecule has 2 rings (SSSR count). The van der Waals surface area contributed by atoms with Gasteiger partial charge in [-0.1, -0.05) is 6.92 Å². The summed E-state index contributed by atoms with van der Waals surface area (Å²) in [5.41, 5.74) is 0. The smallest absolute Gasteiger partial charge is 0.158 e. The molecule has 1 aromatic heterocycles. The highest BCUT2D eigenvalue weighted by molar-refractivity contribution is 5.50. The van der Waals surface area contributed by atoms with Gasteiger partial charge in [-0.15, -0.1) is 0 Å². The van der Waals surface area contributed by atoms with Gasteiger partial charge in [-0.2, -0.15) is 0 Å². The standard InChI is InChI=1S/C15H27N5O/c1-6-21-10-14-17-13(16-3)7-15(18-14)20-8-11(2)12(9-20)19(4)5/h7,11-12H,6,8-10H2,1-5H3,(H,16,17,18). The number of anilines is 2. The lowest BCUT2D eigenvalue weighted by Crippen LogP contribution is -2.34. The van der Waals surface area contributed by atoms with Crippen molar-refractivity contribution in [1.82, 2.24) is 14.9 Å². The van der Waals surface area contributed by atoms with E-state index in [0.717, 1.165) is 30.5 Å². The van der Waals surface area contributed by atoms with Crippen LogP contribution in [0.25, 0.3) is 0 Å². The number of hydrogen-bond donors (Lipinski definition) is 1. The van der Waals surface area contributed by atoms with Gasteiger partial charge in [-0.3, -0.25) is 0 Å². The molecule has 1 aliphatic heterocycles. The molecule has 0 saturated carbocycles. The summed E-state index contributed by atoms with van der Waals surface area (Å²) in [6.07, 6.45) is 0. The van der Waals surface area contributed by atoms with Crippen LogP contribution in [-0.2, 0) is 11.3 Å². The Hall–Kier alpha value is -1.40. The van der Waals surface area contributed by atoms with Crippen LogP contribution in [0.3, 0.4) is 0 Å². The minimum atomic E-state index is 0.458. The van der Waals surface area contributed by atoms with Gasteiger partial charge in [0, 0.05) is 38.9 Å². The summed E-state index contributed by atoms with van der Waals surface area (Å²) in [6, 6.07) is 2.58. The van der Waals surface area contributed by atoms with E-state index < -0.39 is 0 Å². The molecular weight excluding hydrogens is 266 g/mol. The molecule has 2 heterocycles. The highest BCUT2D eigenvalue weighted by atomic mass is 16.5. The third-order valence-electron chi connectivity index (χ3n) is 4.01. The molecule has 2 unspecified atom stereocenters. The van der Waals surface area contributed by atoms with Crippen molar-refractivity contribution >= 4 is 11.6 Å². The van der Waals surface area contributed by atoms with E-state index in [1.165, 1.54) is 0 Å². The van der Waals surface area contributed by atoms with Crippen molar-refractivity contribution in [1.29, 1.82) is 0 Å². The summed E-state index contributed by atoms with van der Waals surface area (Å²) in [4.78, 5) is 13.7. The zero-order valence-corrected chi connectivity index (χ0v) is 13.8. The van der Waals surface area contributed by atoms with Crippen molar-refractivity contribution in [3.05, 3.63) is 11.9 Å². The van der Waals surface area contributed by atoms with Crippen molar-refractivity contribution < 1.29 is 4.74 Å². The van der Waals surface area contributed by atoms with E-state index in [1.807, 2.05) is 20.0 Å². The molecule has 1 aromatic rings. The molecule has 6 heteroatoms. The van der Waals surface area contributed by atoms with Crippen LogP contribution in [0.5, 0.6) is 0 Å². The summed E-state index contributed by atoms with van der Waals surface area (Å²) in [5, 5.41) is 3.11. The molecule has 2 atom stereocenters. The zero-order chi connectivity index (χ0) is 15.4. The Balaban J connectivity index is 2.19. The Kier molecular flexibility index (Phi) is 5.36. The highest BCUT2D eigenvalue weighted by Gasteiger charge is 2.32. The first-order valence-corrected chi connectivity index (χ1v) is 7.60. The first-order chi connectivity index (χ1) is 10.0. The van der Waals surface area contributed by atoms with Crippen LogP contribution in [0.4, 0.5) is 11.6 Å². The minimum absolute atomic E-state index is 0.458. The summed E-state index contributed by atoms with van der Waals surface area (Å²) >= 11 is 0. The monoisotopic (exact) mass is 293 g/mol. The summed E-state index contributed by atoms with van der Waals surface area (Å²) in [5.74, 6) is 3.19. The molecule has 1 N–H and O–H groups in total. The van der Waals surface area contributed by atoms with E-state index in [9.17, 15) is 0 Å². The number of aromatic nitrogens is 2. The van der Waals surface area contributed by atoms with Crippen molar-refractivity contribution in [2.75, 3.05) is 51.1 Å². The molecule has 0 radical (unpaired) electrons. The second-order valence-corrected chi connectivity index (χ2v) is 5.83. The molecule has 0 bridgehead atoms. The van der Waals surface area contributed by atoms with Gasteiger partial charge in [0.05, 0.1) is 0 Å². The van der Waals surface area contributed by atoms with Gasteiger partial charge in [0.15, 0.2) is 5.82 Å². The van der Waals surface area contributed by atoms with Gasteiger partial charge in [-0.05, 0) is 26.9 Å². The van der Waals surface area contributed by atoms with Gasteiger partial charge >= 0.3 is 0 Å². The molecule has 0 spiro atoms. The number of nitrogens with zero attached hydrogens (tertiary/aromatic N) is 4. The van der Waals surface area contributed by atoms with Gasteiger partial charge in [0.1, 0.15) is 18.2 Å². The molecule has 1 saturated heterocycles. The molecule has 0 aromatic carbocycles. The van der Waals surface area contributed by atoms with Gasteiger partial charge in [-0.25, -0.2) is 9.97 Å². The molecule has 21 heavy (non-hydrogen) atoms. The fourth-order valence-electron chi connectivity index (χ4n) is 2.84. The molecule has 1 fully saturated rings. The number of rotatable bonds is 6. The molecule has 0 aliphatic carbocycles. The van der Waals surface area contributed by atoms with Crippen molar-refractivity contribution in [2.24, 2.45) is 5.92 Å². The van der Waals surface area contributed by atoms with Crippen LogP contribution in [0.2, 0.25) is 0 Å². The Morgan fingerprint density at radius 2 is 2.14 bits per heavy atom. The second-order valence-electron chi connectivity index (χ2n) is 5.83. The summed E-state index contributed by atoms with van der Waals surface area (Å²) in [7, 11) is 6.17. The maximum atomic E-state index is 5.44. The highest BCUT2D eigenvalue weighted by Crippen LogP contribution is 2.26. The van der Waals surface area contributed by atoms with Crippen LogP contribution >= 0.6 is 0 Å². The normalized spacial score (nSPS) is 22.1. The van der Waals surface area contributed by atoms with E-state index >= 15 is 0 Å². The molecule has 118 valence electrons. The number of likely N-dealkylation sites (N-methyl/N-ethyl adjacent to an activating group) is 1. The lowest BCUT2D eigenvalue weighted by atomic mass is 10.1. The molecular formula is C15H27N5O. The third kappa shape index (κ3) is 3.83. The predicted molar refractivity (Wildman–Crippen MR) is 85.8 cm³/mol. The first-order valence-electron chi connectivity index (χ1n) is 7.60. The first kappa shape index (κ1) is 16.0. The predicted octanol–water partition coefficient (Wildman–Crippen LogP) is 1.44. The van der Waals surface area contributed by atoms with Gasteiger partial charge in [0.25, 0.3) is 0 Å². The Morgan fingerprint density at radius 3 is 2.71 bits per heavy atom. The van der Waals surface area contributed by atoms with Gasteiger partial charge in [0.2, 0.25) is 0 Å². The van der Waals surface area contributed by atoms with E-state index in [4.69, 9.17) is 4.74 Å². The zero-order valence-electron chi connectivity index (χ0n) is 13.8. The molecule has 0 amide bonds. The van der Waals surface area contributed by atoms with Crippen LogP contribution in [-0.4, -0.2) is 61.7 Å². The number of hydrogen-bond acceptors (Lipinski definition) is 6. The molecule has 6 nitrogen and oxygen atoms in total. The van der Waals surface area contributed by atoms with E-state index in [1.54, 1.807) is 0 Å². The summed E-state index contributed by atoms with van der Waals surface area (Å²) < 4.78 is 5.44. The number of nitrogens with one attached hydrogen (secondary N) is 1. The fourth-order valence-corrected chi connectivity index (χ4v) is 2.84. The Morgan fingerprint density at radius 1 is 1.38 bits per heavy atom. The molecule has 1 aliphatic rings. The van der Waals surface area contributed by atoms with E-state index in [2.05, 4.69) is 46.1 Å². The number of ether oxygens (including phenoxy) is 1. The van der Waals surface area contributed by atoms with Crippen molar-refractivity contribution in [3.63, 3.8) is 0 Å². The third-order valence-corrected chi connectivity index (χ3v) is 4.01. The van der Waals surface area contributed by atoms with Crippen molar-refractivity contribution in [2.45, 2.75) is 26.5 Å². The second kappa shape index (κ2) is 7.04. The lowest BCUT2D eigenvalue weighted by Gasteiger charge is -2.23. The van der Waals surface area contributed by atoms with Crippen molar-refractivity contribution in [3.8, 4) is 0 Å². The largest absolute Gasteiger partial charge is 0.374 e. The summed E-state index contributed by atoms with van der Waals surface area (Å²) in [6.45, 7) is 7.43. The maximum absolute atomic E-state index is 5.44. The van der Waals surface area contributed by atoms with Crippen LogP contribution in [0, 0.1) is 5.92 Å².